The van der Waals surface area contributed by atoms with E-state index in [-0.39, 0.29) is 0 Å². The van der Waals surface area contributed by atoms with Crippen molar-refractivity contribution in [3.63, 3.8) is 0 Å². The van der Waals surface area contributed by atoms with Crippen LogP contribution in [0.15, 0.2) is 24.3 Å². The van der Waals surface area contributed by atoms with E-state index in [4.69, 9.17) is 0 Å². The summed E-state index contributed by atoms with van der Waals surface area (Å²) < 4.78 is 0. The van der Waals surface area contributed by atoms with Crippen molar-refractivity contribution in [1.29, 1.82) is 0 Å². The predicted molar refractivity (Wildman–Crippen MR) is 73.3 cm³/mol. The van der Waals surface area contributed by atoms with Gasteiger partial charge in [-0.3, -0.25) is 0 Å². The average molecular weight is 235 g/mol. The number of rotatable bonds is 7. The first-order valence-electron chi connectivity index (χ1n) is 6.64. The summed E-state index contributed by atoms with van der Waals surface area (Å²) in [5.41, 5.74) is 1.30. The minimum Gasteiger partial charge on any atom is -0.508 e. The second-order valence-electron chi connectivity index (χ2n) is 5.01. The molecule has 1 aromatic carbocycles. The number of aromatic hydroxyl groups is 1. The molecule has 0 fully saturated rings. The molecule has 0 spiro atoms. The van der Waals surface area contributed by atoms with Gasteiger partial charge >= 0.3 is 0 Å². The fourth-order valence-corrected chi connectivity index (χ4v) is 1.99. The zero-order valence-electron chi connectivity index (χ0n) is 11.2. The van der Waals surface area contributed by atoms with Crippen LogP contribution in [0.5, 0.6) is 5.75 Å². The quantitative estimate of drug-likeness (QED) is 0.759. The SMILES string of the molecule is CCCNC(CCc1ccc(O)cc1)C(C)C. The molecule has 1 atom stereocenters. The summed E-state index contributed by atoms with van der Waals surface area (Å²) in [6, 6.07) is 8.13. The Morgan fingerprint density at radius 3 is 2.35 bits per heavy atom. The van der Waals surface area contributed by atoms with Gasteiger partial charge in [-0.1, -0.05) is 32.9 Å². The summed E-state index contributed by atoms with van der Waals surface area (Å²) in [6.07, 6.45) is 3.41. The van der Waals surface area contributed by atoms with Crippen LogP contribution in [-0.2, 0) is 6.42 Å². The van der Waals surface area contributed by atoms with Crippen LogP contribution in [0.1, 0.15) is 39.2 Å². The second-order valence-corrected chi connectivity index (χ2v) is 5.01. The largest absolute Gasteiger partial charge is 0.508 e. The average Bonchev–Trinajstić information content (AvgIpc) is 2.31. The van der Waals surface area contributed by atoms with E-state index in [1.807, 2.05) is 12.1 Å². The third-order valence-corrected chi connectivity index (χ3v) is 3.14. The zero-order valence-corrected chi connectivity index (χ0v) is 11.2. The van der Waals surface area contributed by atoms with Crippen molar-refractivity contribution in [3.8, 4) is 5.75 Å². The van der Waals surface area contributed by atoms with Gasteiger partial charge in [0.15, 0.2) is 0 Å². The highest BCUT2D eigenvalue weighted by molar-refractivity contribution is 5.25. The number of aryl methyl sites for hydroxylation is 1. The maximum Gasteiger partial charge on any atom is 0.115 e. The standard InChI is InChI=1S/C15H25NO/c1-4-11-16-15(12(2)3)10-7-13-5-8-14(17)9-6-13/h5-6,8-9,12,15-17H,4,7,10-11H2,1-3H3. The van der Waals surface area contributed by atoms with Crippen molar-refractivity contribution < 1.29 is 5.11 Å². The molecule has 0 heterocycles. The zero-order chi connectivity index (χ0) is 12.7. The van der Waals surface area contributed by atoms with Crippen molar-refractivity contribution in [2.45, 2.75) is 46.1 Å². The minimum atomic E-state index is 0.346. The molecular formula is C15H25NO. The molecule has 96 valence electrons. The molecule has 0 aliphatic heterocycles. The summed E-state index contributed by atoms with van der Waals surface area (Å²) in [7, 11) is 0. The van der Waals surface area contributed by atoms with Gasteiger partial charge in [0.25, 0.3) is 0 Å². The molecule has 1 unspecified atom stereocenters. The Morgan fingerprint density at radius 2 is 1.82 bits per heavy atom. The molecule has 0 aliphatic carbocycles. The summed E-state index contributed by atoms with van der Waals surface area (Å²) in [5, 5.41) is 12.8. The van der Waals surface area contributed by atoms with Gasteiger partial charge in [-0.2, -0.15) is 0 Å². The highest BCUT2D eigenvalue weighted by atomic mass is 16.3. The lowest BCUT2D eigenvalue weighted by atomic mass is 9.96. The van der Waals surface area contributed by atoms with Crippen LogP contribution >= 0.6 is 0 Å². The van der Waals surface area contributed by atoms with Crippen LogP contribution in [0.25, 0.3) is 0 Å². The van der Waals surface area contributed by atoms with E-state index in [2.05, 4.69) is 26.1 Å². The lowest BCUT2D eigenvalue weighted by Gasteiger charge is -2.22. The van der Waals surface area contributed by atoms with E-state index in [1.165, 1.54) is 12.0 Å². The molecule has 0 aliphatic rings. The lowest BCUT2D eigenvalue weighted by molar-refractivity contribution is 0.378. The van der Waals surface area contributed by atoms with Crippen molar-refractivity contribution in [1.82, 2.24) is 5.32 Å². The third kappa shape index (κ3) is 5.22. The van der Waals surface area contributed by atoms with Gasteiger partial charge in [-0.05, 0) is 49.4 Å². The van der Waals surface area contributed by atoms with Crippen LogP contribution in [0.3, 0.4) is 0 Å². The highest BCUT2D eigenvalue weighted by Crippen LogP contribution is 2.14. The number of nitrogens with one attached hydrogen (secondary N) is 1. The van der Waals surface area contributed by atoms with Crippen molar-refractivity contribution in [2.75, 3.05) is 6.54 Å². The van der Waals surface area contributed by atoms with E-state index in [1.54, 1.807) is 12.1 Å². The molecule has 0 saturated heterocycles. The smallest absolute Gasteiger partial charge is 0.115 e. The Kier molecular flexibility index (Phi) is 6.06. The molecule has 1 aromatic rings. The van der Waals surface area contributed by atoms with E-state index in [0.29, 0.717) is 17.7 Å². The third-order valence-electron chi connectivity index (χ3n) is 3.14. The van der Waals surface area contributed by atoms with Crippen molar-refractivity contribution in [2.24, 2.45) is 5.92 Å². The monoisotopic (exact) mass is 235 g/mol. The van der Waals surface area contributed by atoms with Crippen LogP contribution in [0.2, 0.25) is 0 Å². The molecule has 1 rings (SSSR count). The Bertz CT molecular complexity index is 305. The number of hydrogen-bond acceptors (Lipinski definition) is 2. The summed E-state index contributed by atoms with van der Waals surface area (Å²) >= 11 is 0. The van der Waals surface area contributed by atoms with Crippen molar-refractivity contribution in [3.05, 3.63) is 29.8 Å². The molecule has 0 saturated carbocycles. The maximum atomic E-state index is 9.23. The van der Waals surface area contributed by atoms with Crippen molar-refractivity contribution >= 4 is 0 Å². The molecule has 2 nitrogen and oxygen atoms in total. The maximum absolute atomic E-state index is 9.23. The van der Waals surface area contributed by atoms with E-state index < -0.39 is 0 Å². The number of hydrogen-bond donors (Lipinski definition) is 2. The summed E-state index contributed by atoms with van der Waals surface area (Å²) in [4.78, 5) is 0. The van der Waals surface area contributed by atoms with Gasteiger partial charge in [-0.15, -0.1) is 0 Å². The molecule has 0 amide bonds. The second kappa shape index (κ2) is 7.33. The van der Waals surface area contributed by atoms with E-state index >= 15 is 0 Å². The summed E-state index contributed by atoms with van der Waals surface area (Å²) in [6.45, 7) is 7.83. The molecule has 0 radical (unpaired) electrons. The topological polar surface area (TPSA) is 32.3 Å². The van der Waals surface area contributed by atoms with Gasteiger partial charge in [-0.25, -0.2) is 0 Å². The lowest BCUT2D eigenvalue weighted by Crippen LogP contribution is -2.34. The summed E-state index contributed by atoms with van der Waals surface area (Å²) in [5.74, 6) is 1.01. The first kappa shape index (κ1) is 14.0. The molecule has 17 heavy (non-hydrogen) atoms. The van der Waals surface area contributed by atoms with E-state index in [9.17, 15) is 5.11 Å². The van der Waals surface area contributed by atoms with Gasteiger partial charge in [0.05, 0.1) is 0 Å². The fourth-order valence-electron chi connectivity index (χ4n) is 1.99. The molecule has 0 aromatic heterocycles. The molecule has 2 heteroatoms. The Morgan fingerprint density at radius 1 is 1.18 bits per heavy atom. The van der Waals surface area contributed by atoms with Crippen LogP contribution in [0, 0.1) is 5.92 Å². The number of phenols is 1. The van der Waals surface area contributed by atoms with Gasteiger partial charge in [0, 0.05) is 6.04 Å². The Labute approximate surface area is 105 Å². The van der Waals surface area contributed by atoms with Gasteiger partial charge < -0.3 is 10.4 Å². The van der Waals surface area contributed by atoms with E-state index in [0.717, 1.165) is 19.4 Å². The van der Waals surface area contributed by atoms with Crippen LogP contribution in [0.4, 0.5) is 0 Å². The van der Waals surface area contributed by atoms with Crippen LogP contribution in [-0.4, -0.2) is 17.7 Å². The first-order valence-corrected chi connectivity index (χ1v) is 6.64. The predicted octanol–water partition coefficient (Wildman–Crippen LogP) is 3.35. The number of phenolic OH excluding ortho intramolecular Hbond substituents is 1. The van der Waals surface area contributed by atoms with Gasteiger partial charge in [0.2, 0.25) is 0 Å². The minimum absolute atomic E-state index is 0.346. The Hall–Kier alpha value is -1.02. The normalized spacial score (nSPS) is 12.9. The number of benzene rings is 1. The molecule has 2 N–H and O–H groups in total. The highest BCUT2D eigenvalue weighted by Gasteiger charge is 2.11. The molecule has 0 bridgehead atoms. The fraction of sp³-hybridized carbons (Fsp3) is 0.600. The first-order chi connectivity index (χ1) is 8.13. The Balaban J connectivity index is 2.43. The molecular weight excluding hydrogens is 210 g/mol. The van der Waals surface area contributed by atoms with Gasteiger partial charge in [0.1, 0.15) is 5.75 Å². The van der Waals surface area contributed by atoms with Crippen LogP contribution < -0.4 is 5.32 Å².